The van der Waals surface area contributed by atoms with E-state index in [0.29, 0.717) is 18.5 Å². The molecule has 1 aromatic carbocycles. The van der Waals surface area contributed by atoms with Crippen molar-refractivity contribution in [2.45, 2.75) is 38.3 Å². The predicted octanol–water partition coefficient (Wildman–Crippen LogP) is 3.13. The Balaban J connectivity index is 2.05. The Morgan fingerprint density at radius 1 is 1.38 bits per heavy atom. The average Bonchev–Trinajstić information content (AvgIpc) is 3.15. The highest BCUT2D eigenvalue weighted by Gasteiger charge is 2.32. The van der Waals surface area contributed by atoms with Gasteiger partial charge in [0.1, 0.15) is 0 Å². The van der Waals surface area contributed by atoms with Gasteiger partial charge in [-0.3, -0.25) is 4.90 Å². The molecule has 1 aliphatic rings. The second kappa shape index (κ2) is 5.14. The average molecular weight is 214 g/mol. The van der Waals surface area contributed by atoms with Crippen molar-refractivity contribution in [1.82, 2.24) is 4.90 Å². The Labute approximate surface area is 97.5 Å². The Morgan fingerprint density at radius 2 is 2.06 bits per heavy atom. The molecule has 1 unspecified atom stereocenters. The van der Waals surface area contributed by atoms with Gasteiger partial charge in [-0.15, -0.1) is 0 Å². The van der Waals surface area contributed by atoms with Crippen molar-refractivity contribution in [3.05, 3.63) is 35.9 Å². The topological polar surface area (TPSA) is 27.0 Å². The van der Waals surface area contributed by atoms with E-state index in [4.69, 9.17) is 5.26 Å². The lowest BCUT2D eigenvalue weighted by atomic mass is 10.1. The minimum absolute atomic E-state index is 0.432. The number of hydrogen-bond donors (Lipinski definition) is 0. The molecule has 1 fully saturated rings. The van der Waals surface area contributed by atoms with Crippen molar-refractivity contribution < 1.29 is 0 Å². The minimum Gasteiger partial charge on any atom is -0.293 e. The fraction of sp³-hybridized carbons (Fsp3) is 0.500. The van der Waals surface area contributed by atoms with Crippen LogP contribution in [-0.4, -0.2) is 17.5 Å². The van der Waals surface area contributed by atoms with Gasteiger partial charge in [-0.2, -0.15) is 5.26 Å². The highest BCUT2D eigenvalue weighted by atomic mass is 15.2. The number of nitrogens with zero attached hydrogens (tertiary/aromatic N) is 2. The van der Waals surface area contributed by atoms with Crippen LogP contribution in [0.1, 0.15) is 37.8 Å². The second-order valence-corrected chi connectivity index (χ2v) is 4.46. The van der Waals surface area contributed by atoms with Gasteiger partial charge in [0.2, 0.25) is 0 Å². The molecule has 1 aromatic rings. The lowest BCUT2D eigenvalue weighted by molar-refractivity contribution is 0.204. The predicted molar refractivity (Wildman–Crippen MR) is 64.8 cm³/mol. The molecule has 0 aromatic heterocycles. The van der Waals surface area contributed by atoms with E-state index in [9.17, 15) is 0 Å². The van der Waals surface area contributed by atoms with Crippen molar-refractivity contribution in [3.63, 3.8) is 0 Å². The molecular formula is C14H18N2. The van der Waals surface area contributed by atoms with E-state index in [1.54, 1.807) is 0 Å². The van der Waals surface area contributed by atoms with Crippen LogP contribution in [0.2, 0.25) is 0 Å². The zero-order chi connectivity index (χ0) is 11.4. The maximum Gasteiger partial charge on any atom is 0.0635 e. The summed E-state index contributed by atoms with van der Waals surface area (Å²) < 4.78 is 0. The maximum atomic E-state index is 8.69. The van der Waals surface area contributed by atoms with E-state index < -0.39 is 0 Å². The molecular weight excluding hydrogens is 196 g/mol. The zero-order valence-corrected chi connectivity index (χ0v) is 9.76. The van der Waals surface area contributed by atoms with Crippen LogP contribution >= 0.6 is 0 Å². The van der Waals surface area contributed by atoms with Gasteiger partial charge in [0, 0.05) is 25.0 Å². The van der Waals surface area contributed by atoms with Crippen LogP contribution in [0.3, 0.4) is 0 Å². The van der Waals surface area contributed by atoms with Crippen molar-refractivity contribution in [3.8, 4) is 6.07 Å². The van der Waals surface area contributed by atoms with Crippen molar-refractivity contribution in [2.75, 3.05) is 6.54 Å². The molecule has 1 aliphatic carbocycles. The Morgan fingerprint density at radius 3 is 2.62 bits per heavy atom. The zero-order valence-electron chi connectivity index (χ0n) is 9.76. The van der Waals surface area contributed by atoms with Gasteiger partial charge >= 0.3 is 0 Å². The number of benzene rings is 1. The molecule has 84 valence electrons. The Kier molecular flexibility index (Phi) is 3.58. The molecule has 2 nitrogen and oxygen atoms in total. The minimum atomic E-state index is 0.432. The molecule has 16 heavy (non-hydrogen) atoms. The van der Waals surface area contributed by atoms with E-state index in [2.05, 4.69) is 42.2 Å². The quantitative estimate of drug-likeness (QED) is 0.753. The van der Waals surface area contributed by atoms with Gasteiger partial charge in [-0.1, -0.05) is 30.3 Å². The van der Waals surface area contributed by atoms with E-state index in [1.165, 1.54) is 18.4 Å². The summed E-state index contributed by atoms with van der Waals surface area (Å²) in [5, 5.41) is 8.69. The number of rotatable bonds is 5. The second-order valence-electron chi connectivity index (χ2n) is 4.46. The summed E-state index contributed by atoms with van der Waals surface area (Å²) in [4.78, 5) is 2.47. The van der Waals surface area contributed by atoms with Crippen LogP contribution in [0.5, 0.6) is 0 Å². The summed E-state index contributed by atoms with van der Waals surface area (Å²) in [6.45, 7) is 3.14. The first kappa shape index (κ1) is 11.2. The molecule has 0 amide bonds. The molecule has 0 radical (unpaired) electrons. The molecule has 0 spiro atoms. The van der Waals surface area contributed by atoms with Gasteiger partial charge < -0.3 is 0 Å². The molecule has 0 saturated heterocycles. The Hall–Kier alpha value is -1.33. The highest BCUT2D eigenvalue weighted by molar-refractivity contribution is 5.19. The first-order chi connectivity index (χ1) is 7.83. The van der Waals surface area contributed by atoms with Crippen molar-refractivity contribution in [1.29, 1.82) is 5.26 Å². The molecule has 1 saturated carbocycles. The van der Waals surface area contributed by atoms with Crippen molar-refractivity contribution in [2.24, 2.45) is 0 Å². The largest absolute Gasteiger partial charge is 0.293 e. The van der Waals surface area contributed by atoms with Crippen LogP contribution in [0.25, 0.3) is 0 Å². The third kappa shape index (κ3) is 2.62. The van der Waals surface area contributed by atoms with Crippen LogP contribution < -0.4 is 0 Å². The van der Waals surface area contributed by atoms with Crippen LogP contribution in [0.15, 0.2) is 30.3 Å². The smallest absolute Gasteiger partial charge is 0.0635 e. The van der Waals surface area contributed by atoms with Crippen LogP contribution in [0.4, 0.5) is 0 Å². The third-order valence-corrected chi connectivity index (χ3v) is 3.28. The Bertz CT molecular complexity index is 362. The summed E-state index contributed by atoms with van der Waals surface area (Å²) >= 11 is 0. The normalized spacial score (nSPS) is 17.1. The summed E-state index contributed by atoms with van der Waals surface area (Å²) in [5.74, 6) is 0. The SMILES string of the molecule is CC(c1ccccc1)N(CCC#N)C1CC1. The molecule has 2 heteroatoms. The maximum absolute atomic E-state index is 8.69. The molecule has 0 aliphatic heterocycles. The van der Waals surface area contributed by atoms with E-state index >= 15 is 0 Å². The van der Waals surface area contributed by atoms with E-state index in [-0.39, 0.29) is 0 Å². The first-order valence-corrected chi connectivity index (χ1v) is 6.00. The van der Waals surface area contributed by atoms with Crippen LogP contribution in [0, 0.1) is 11.3 Å². The van der Waals surface area contributed by atoms with Crippen molar-refractivity contribution >= 4 is 0 Å². The summed E-state index contributed by atoms with van der Waals surface area (Å²) in [7, 11) is 0. The summed E-state index contributed by atoms with van der Waals surface area (Å²) in [5.41, 5.74) is 1.35. The summed E-state index contributed by atoms with van der Waals surface area (Å²) in [6, 6.07) is 14.0. The number of hydrogen-bond acceptors (Lipinski definition) is 2. The van der Waals surface area contributed by atoms with Gasteiger partial charge in [-0.25, -0.2) is 0 Å². The first-order valence-electron chi connectivity index (χ1n) is 6.00. The molecule has 0 heterocycles. The van der Waals surface area contributed by atoms with Gasteiger partial charge in [0.15, 0.2) is 0 Å². The van der Waals surface area contributed by atoms with Gasteiger partial charge in [0.05, 0.1) is 6.07 Å². The molecule has 2 rings (SSSR count). The molecule has 0 N–H and O–H groups in total. The highest BCUT2D eigenvalue weighted by Crippen LogP contribution is 2.34. The number of nitriles is 1. The summed E-state index contributed by atoms with van der Waals surface area (Å²) in [6.07, 6.45) is 3.22. The molecule has 1 atom stereocenters. The van der Waals surface area contributed by atoms with Gasteiger partial charge in [-0.05, 0) is 25.3 Å². The van der Waals surface area contributed by atoms with Gasteiger partial charge in [0.25, 0.3) is 0 Å². The monoisotopic (exact) mass is 214 g/mol. The standard InChI is InChI=1S/C14H18N2/c1-12(13-6-3-2-4-7-13)16(11-5-10-15)14-8-9-14/h2-4,6-7,12,14H,5,8-9,11H2,1H3. The van der Waals surface area contributed by atoms with E-state index in [0.717, 1.165) is 6.54 Å². The lowest BCUT2D eigenvalue weighted by Gasteiger charge is -2.28. The van der Waals surface area contributed by atoms with E-state index in [1.807, 2.05) is 6.07 Å². The fourth-order valence-electron chi connectivity index (χ4n) is 2.20. The lowest BCUT2D eigenvalue weighted by Crippen LogP contribution is -2.30. The van der Waals surface area contributed by atoms with Crippen LogP contribution in [-0.2, 0) is 0 Å². The third-order valence-electron chi connectivity index (χ3n) is 3.28. The molecule has 0 bridgehead atoms. The fourth-order valence-corrected chi connectivity index (χ4v) is 2.20.